The van der Waals surface area contributed by atoms with Crippen LogP contribution in [0.2, 0.25) is 0 Å². The summed E-state index contributed by atoms with van der Waals surface area (Å²) < 4.78 is 7.51. The Labute approximate surface area is 188 Å². The number of carbonyl (C=O) groups is 2. The standard InChI is InChI=1S/C25H22N2O6/c1-16-15-27(24(32)26-22(16)29)21-10-11-25(33-21,12-13-28)14-19-4-2-3-5-20(19)17-6-8-18(9-7-17)23(30)31/h2-11,13,15,21H,12,14H2,1H3,(H,30,31)(H,26,29,32)/t21-,25-/m1/s1. The van der Waals surface area contributed by atoms with Gasteiger partial charge in [0.15, 0.2) is 6.23 Å². The van der Waals surface area contributed by atoms with Gasteiger partial charge in [-0.3, -0.25) is 14.3 Å². The number of aromatic nitrogens is 2. The summed E-state index contributed by atoms with van der Waals surface area (Å²) in [4.78, 5) is 49.0. The minimum absolute atomic E-state index is 0.0728. The van der Waals surface area contributed by atoms with Crippen molar-refractivity contribution in [2.75, 3.05) is 0 Å². The van der Waals surface area contributed by atoms with E-state index in [9.17, 15) is 19.2 Å². The molecule has 2 heterocycles. The lowest BCUT2D eigenvalue weighted by Crippen LogP contribution is -2.37. The molecule has 0 aliphatic carbocycles. The van der Waals surface area contributed by atoms with Crippen molar-refractivity contribution in [3.05, 3.63) is 104 Å². The zero-order valence-electron chi connectivity index (χ0n) is 17.9. The third-order valence-electron chi connectivity index (χ3n) is 5.72. The molecule has 1 aromatic heterocycles. The molecular weight excluding hydrogens is 424 g/mol. The first-order valence-corrected chi connectivity index (χ1v) is 10.4. The van der Waals surface area contributed by atoms with Crippen LogP contribution in [0.25, 0.3) is 11.1 Å². The number of ether oxygens (including phenoxy) is 1. The Kier molecular flexibility index (Phi) is 5.93. The number of benzene rings is 2. The van der Waals surface area contributed by atoms with Crippen LogP contribution in [-0.2, 0) is 16.0 Å². The van der Waals surface area contributed by atoms with E-state index in [0.717, 1.165) is 23.0 Å². The van der Waals surface area contributed by atoms with E-state index in [0.29, 0.717) is 12.0 Å². The predicted molar refractivity (Wildman–Crippen MR) is 121 cm³/mol. The Morgan fingerprint density at radius 3 is 2.61 bits per heavy atom. The first kappa shape index (κ1) is 22.2. The lowest BCUT2D eigenvalue weighted by Gasteiger charge is -2.29. The van der Waals surface area contributed by atoms with Crippen LogP contribution in [0.15, 0.2) is 76.5 Å². The first-order chi connectivity index (χ1) is 15.8. The number of aromatic amines is 1. The molecule has 8 nitrogen and oxygen atoms in total. The summed E-state index contributed by atoms with van der Waals surface area (Å²) >= 11 is 0. The van der Waals surface area contributed by atoms with Crippen molar-refractivity contribution in [1.82, 2.24) is 9.55 Å². The zero-order chi connectivity index (χ0) is 23.6. The number of carboxylic acid groups (broad SMARTS) is 1. The number of nitrogens with zero attached hydrogens (tertiary/aromatic N) is 1. The molecule has 3 aromatic rings. The van der Waals surface area contributed by atoms with Crippen molar-refractivity contribution in [2.24, 2.45) is 0 Å². The highest BCUT2D eigenvalue weighted by molar-refractivity contribution is 5.88. The normalized spacial score (nSPS) is 19.5. The van der Waals surface area contributed by atoms with E-state index < -0.39 is 29.0 Å². The van der Waals surface area contributed by atoms with E-state index in [-0.39, 0.29) is 12.0 Å². The molecule has 2 aromatic carbocycles. The second-order valence-corrected chi connectivity index (χ2v) is 8.00. The summed E-state index contributed by atoms with van der Waals surface area (Å²) in [6, 6.07) is 14.2. The van der Waals surface area contributed by atoms with Crippen molar-refractivity contribution in [1.29, 1.82) is 0 Å². The topological polar surface area (TPSA) is 118 Å². The van der Waals surface area contributed by atoms with Crippen LogP contribution in [0, 0.1) is 6.92 Å². The minimum atomic E-state index is -0.997. The summed E-state index contributed by atoms with van der Waals surface area (Å²) in [7, 11) is 0. The quantitative estimate of drug-likeness (QED) is 0.426. The van der Waals surface area contributed by atoms with Gasteiger partial charge in [-0.05, 0) is 41.8 Å². The Morgan fingerprint density at radius 2 is 1.91 bits per heavy atom. The molecule has 168 valence electrons. The van der Waals surface area contributed by atoms with E-state index in [1.165, 1.54) is 10.8 Å². The Bertz CT molecular complexity index is 1350. The summed E-state index contributed by atoms with van der Waals surface area (Å²) in [5, 5.41) is 9.15. The van der Waals surface area contributed by atoms with Crippen LogP contribution >= 0.6 is 0 Å². The summed E-state index contributed by atoms with van der Waals surface area (Å²) in [5.74, 6) is -0.997. The van der Waals surface area contributed by atoms with Crippen molar-refractivity contribution in [3.63, 3.8) is 0 Å². The van der Waals surface area contributed by atoms with Crippen LogP contribution in [0.3, 0.4) is 0 Å². The number of carbonyl (C=O) groups excluding carboxylic acids is 1. The van der Waals surface area contributed by atoms with E-state index >= 15 is 0 Å². The van der Waals surface area contributed by atoms with Crippen molar-refractivity contribution >= 4 is 12.3 Å². The van der Waals surface area contributed by atoms with Crippen molar-refractivity contribution in [3.8, 4) is 11.1 Å². The molecule has 2 N–H and O–H groups in total. The fraction of sp³-hybridized carbons (Fsp3) is 0.200. The number of aromatic carboxylic acids is 1. The molecule has 0 saturated heterocycles. The number of carboxylic acids is 1. The van der Waals surface area contributed by atoms with Crippen LogP contribution in [0.1, 0.15) is 34.1 Å². The Morgan fingerprint density at radius 1 is 1.18 bits per heavy atom. The molecule has 1 aliphatic rings. The van der Waals surface area contributed by atoms with Gasteiger partial charge in [0.2, 0.25) is 0 Å². The average Bonchev–Trinajstić information content (AvgIpc) is 3.20. The maximum Gasteiger partial charge on any atom is 0.335 e. The van der Waals surface area contributed by atoms with Crippen LogP contribution in [0.4, 0.5) is 0 Å². The Hall–Kier alpha value is -4.04. The second-order valence-electron chi connectivity index (χ2n) is 8.00. The fourth-order valence-corrected chi connectivity index (χ4v) is 4.00. The molecule has 0 spiro atoms. The third-order valence-corrected chi connectivity index (χ3v) is 5.72. The van der Waals surface area contributed by atoms with E-state index in [2.05, 4.69) is 4.98 Å². The number of nitrogens with one attached hydrogen (secondary N) is 1. The molecule has 0 fully saturated rings. The van der Waals surface area contributed by atoms with Crippen molar-refractivity contribution < 1.29 is 19.4 Å². The van der Waals surface area contributed by atoms with Crippen LogP contribution in [-0.4, -0.2) is 32.5 Å². The predicted octanol–water partition coefficient (Wildman–Crippen LogP) is 2.87. The third kappa shape index (κ3) is 4.47. The summed E-state index contributed by atoms with van der Waals surface area (Å²) in [5.41, 5.74) is 1.15. The van der Waals surface area contributed by atoms with Crippen LogP contribution < -0.4 is 11.2 Å². The van der Waals surface area contributed by atoms with E-state index in [1.54, 1.807) is 43.3 Å². The van der Waals surface area contributed by atoms with Gasteiger partial charge in [-0.25, -0.2) is 9.59 Å². The van der Waals surface area contributed by atoms with Gasteiger partial charge >= 0.3 is 11.7 Å². The lowest BCUT2D eigenvalue weighted by molar-refractivity contribution is -0.116. The van der Waals surface area contributed by atoms with Gasteiger partial charge in [0, 0.05) is 24.6 Å². The number of H-pyrrole nitrogens is 1. The maximum atomic E-state index is 12.3. The van der Waals surface area contributed by atoms with Gasteiger partial charge in [-0.15, -0.1) is 0 Å². The van der Waals surface area contributed by atoms with Crippen molar-refractivity contribution in [2.45, 2.75) is 31.6 Å². The van der Waals surface area contributed by atoms with E-state index in [1.807, 2.05) is 24.3 Å². The molecule has 0 saturated carbocycles. The zero-order valence-corrected chi connectivity index (χ0v) is 17.9. The summed E-state index contributed by atoms with van der Waals surface area (Å²) in [6.45, 7) is 1.60. The number of aldehydes is 1. The van der Waals surface area contributed by atoms with Gasteiger partial charge < -0.3 is 14.6 Å². The number of hydrogen-bond donors (Lipinski definition) is 2. The molecule has 2 atom stereocenters. The van der Waals surface area contributed by atoms with Gasteiger partial charge in [-0.2, -0.15) is 0 Å². The molecule has 1 aliphatic heterocycles. The summed E-state index contributed by atoms with van der Waals surface area (Å²) in [6.07, 6.45) is 5.35. The SMILES string of the molecule is Cc1cn([C@H]2C=C[C@@](CC=O)(Cc3ccccc3-c3ccc(C(=O)O)cc3)O2)c(=O)[nH]c1=O. The molecule has 0 amide bonds. The maximum absolute atomic E-state index is 12.3. The fourth-order valence-electron chi connectivity index (χ4n) is 4.00. The monoisotopic (exact) mass is 446 g/mol. The largest absolute Gasteiger partial charge is 0.478 e. The highest BCUT2D eigenvalue weighted by atomic mass is 16.5. The molecule has 33 heavy (non-hydrogen) atoms. The smallest absolute Gasteiger partial charge is 0.335 e. The highest BCUT2D eigenvalue weighted by Crippen LogP contribution is 2.37. The average molecular weight is 446 g/mol. The lowest BCUT2D eigenvalue weighted by atomic mass is 9.87. The second kappa shape index (κ2) is 8.84. The minimum Gasteiger partial charge on any atom is -0.478 e. The van der Waals surface area contributed by atoms with Gasteiger partial charge in [-0.1, -0.05) is 42.5 Å². The first-order valence-electron chi connectivity index (χ1n) is 10.4. The van der Waals surface area contributed by atoms with Gasteiger partial charge in [0.25, 0.3) is 5.56 Å². The van der Waals surface area contributed by atoms with Gasteiger partial charge in [0.1, 0.15) is 6.29 Å². The Balaban J connectivity index is 1.66. The molecule has 0 radical (unpaired) electrons. The highest BCUT2D eigenvalue weighted by Gasteiger charge is 2.37. The van der Waals surface area contributed by atoms with Gasteiger partial charge in [0.05, 0.1) is 11.2 Å². The number of aryl methyl sites for hydroxylation is 1. The molecule has 4 rings (SSSR count). The number of hydrogen-bond acceptors (Lipinski definition) is 5. The molecule has 0 bridgehead atoms. The molecule has 0 unspecified atom stereocenters. The van der Waals surface area contributed by atoms with Crippen LogP contribution in [0.5, 0.6) is 0 Å². The molecular formula is C25H22N2O6. The van der Waals surface area contributed by atoms with E-state index in [4.69, 9.17) is 9.84 Å². The molecule has 8 heteroatoms. The number of rotatable bonds is 7.